The molecule has 1 unspecified atom stereocenters. The minimum absolute atomic E-state index is 0.0937. The van der Waals surface area contributed by atoms with Gasteiger partial charge < -0.3 is 4.90 Å². The lowest BCUT2D eigenvalue weighted by Crippen LogP contribution is -2.61. The molecule has 1 aromatic carbocycles. The molecule has 1 N–H and O–H groups in total. The molecule has 1 heterocycles. The van der Waals surface area contributed by atoms with E-state index in [1.54, 1.807) is 24.3 Å². The van der Waals surface area contributed by atoms with Gasteiger partial charge in [-0.15, -0.1) is 0 Å². The zero-order chi connectivity index (χ0) is 11.8. The summed E-state index contributed by atoms with van der Waals surface area (Å²) in [6, 6.07) is 3.15. The number of rotatable bonds is 1. The van der Waals surface area contributed by atoms with Crippen molar-refractivity contribution in [3.63, 3.8) is 0 Å². The Morgan fingerprint density at radius 2 is 1.94 bits per heavy atom. The molecule has 1 atom stereocenters. The Balaban J connectivity index is 2.28. The summed E-state index contributed by atoms with van der Waals surface area (Å²) < 4.78 is 40.1. The van der Waals surface area contributed by atoms with Gasteiger partial charge in [0.2, 0.25) is 6.30 Å². The number of anilines is 1. The van der Waals surface area contributed by atoms with Gasteiger partial charge in [0.25, 0.3) is 0 Å². The first kappa shape index (κ1) is 11.3. The lowest BCUT2D eigenvalue weighted by Gasteiger charge is -2.39. The lowest BCUT2D eigenvalue weighted by molar-refractivity contribution is -0.0984. The molecule has 5 heteroatoms. The molecule has 0 saturated carbocycles. The van der Waals surface area contributed by atoms with Gasteiger partial charge in [-0.1, -0.05) is 17.7 Å². The summed E-state index contributed by atoms with van der Waals surface area (Å²) in [5.41, 5.74) is 1.33. The van der Waals surface area contributed by atoms with Gasteiger partial charge in [0.15, 0.2) is 0 Å². The van der Waals surface area contributed by atoms with E-state index in [2.05, 4.69) is 5.32 Å². The average molecular weight is 230 g/mol. The number of hydrogen-bond donors (Lipinski definition) is 1. The predicted octanol–water partition coefficient (Wildman–Crippen LogP) is 2.29. The second kappa shape index (κ2) is 3.97. The molecule has 0 bridgehead atoms. The fraction of sp³-hybridized carbons (Fsp3) is 0.455. The Morgan fingerprint density at radius 3 is 2.56 bits per heavy atom. The first-order valence-electron chi connectivity index (χ1n) is 5.11. The Morgan fingerprint density at radius 1 is 1.31 bits per heavy atom. The summed E-state index contributed by atoms with van der Waals surface area (Å²) in [7, 11) is 0. The van der Waals surface area contributed by atoms with Crippen LogP contribution in [-0.4, -0.2) is 25.4 Å². The molecule has 2 nitrogen and oxygen atoms in total. The maximum atomic E-state index is 13.5. The van der Waals surface area contributed by atoms with Crippen molar-refractivity contribution in [3.8, 4) is 0 Å². The van der Waals surface area contributed by atoms with Crippen molar-refractivity contribution in [3.05, 3.63) is 29.8 Å². The van der Waals surface area contributed by atoms with Crippen molar-refractivity contribution in [2.24, 2.45) is 0 Å². The monoisotopic (exact) mass is 230 g/mol. The SMILES string of the molecule is Cc1ccc(N2CCNC(F)C2(F)F)cc1. The number of benzene rings is 1. The fourth-order valence-electron chi connectivity index (χ4n) is 1.74. The van der Waals surface area contributed by atoms with E-state index >= 15 is 0 Å². The lowest BCUT2D eigenvalue weighted by atomic mass is 10.2. The molecule has 0 aliphatic carbocycles. The van der Waals surface area contributed by atoms with Crippen LogP contribution in [0.25, 0.3) is 0 Å². The molecule has 1 saturated heterocycles. The van der Waals surface area contributed by atoms with Crippen molar-refractivity contribution >= 4 is 5.69 Å². The summed E-state index contributed by atoms with van der Waals surface area (Å²) in [5, 5.41) is 2.13. The van der Waals surface area contributed by atoms with Gasteiger partial charge in [-0.25, -0.2) is 4.39 Å². The molecule has 0 spiro atoms. The van der Waals surface area contributed by atoms with E-state index in [1.165, 1.54) is 0 Å². The van der Waals surface area contributed by atoms with Crippen LogP contribution in [0.2, 0.25) is 0 Å². The van der Waals surface area contributed by atoms with Gasteiger partial charge in [-0.05, 0) is 19.1 Å². The van der Waals surface area contributed by atoms with Gasteiger partial charge in [-0.2, -0.15) is 8.78 Å². The first-order valence-corrected chi connectivity index (χ1v) is 5.11. The third-order valence-electron chi connectivity index (χ3n) is 2.67. The highest BCUT2D eigenvalue weighted by Gasteiger charge is 2.48. The number of piperazine rings is 1. The number of aryl methyl sites for hydroxylation is 1. The molecule has 0 aromatic heterocycles. The zero-order valence-electron chi connectivity index (χ0n) is 8.88. The molecule has 88 valence electrons. The fourth-order valence-corrected chi connectivity index (χ4v) is 1.74. The minimum Gasteiger partial charge on any atom is -0.308 e. The summed E-state index contributed by atoms with van der Waals surface area (Å²) in [5.74, 6) is 0. The summed E-state index contributed by atoms with van der Waals surface area (Å²) >= 11 is 0. The Bertz CT molecular complexity index is 364. The van der Waals surface area contributed by atoms with Crippen LogP contribution in [0.3, 0.4) is 0 Å². The molecule has 0 radical (unpaired) electrons. The number of alkyl halides is 3. The van der Waals surface area contributed by atoms with Crippen LogP contribution in [0.15, 0.2) is 24.3 Å². The number of nitrogens with zero attached hydrogens (tertiary/aromatic N) is 1. The predicted molar refractivity (Wildman–Crippen MR) is 56.4 cm³/mol. The van der Waals surface area contributed by atoms with Crippen molar-refractivity contribution in [2.75, 3.05) is 18.0 Å². The van der Waals surface area contributed by atoms with E-state index < -0.39 is 12.3 Å². The number of nitrogens with one attached hydrogen (secondary N) is 1. The molecular weight excluding hydrogens is 217 g/mol. The average Bonchev–Trinajstić information content (AvgIpc) is 2.24. The first-order chi connectivity index (χ1) is 7.51. The van der Waals surface area contributed by atoms with Gasteiger partial charge in [-0.3, -0.25) is 5.32 Å². The molecule has 2 rings (SSSR count). The third kappa shape index (κ3) is 1.87. The largest absolute Gasteiger partial charge is 0.370 e. The van der Waals surface area contributed by atoms with Crippen LogP contribution in [0.4, 0.5) is 18.9 Å². The normalized spacial score (nSPS) is 24.5. The summed E-state index contributed by atoms with van der Waals surface area (Å²) in [6.45, 7) is 2.18. The second-order valence-corrected chi connectivity index (χ2v) is 3.89. The topological polar surface area (TPSA) is 15.3 Å². The quantitative estimate of drug-likeness (QED) is 0.745. The second-order valence-electron chi connectivity index (χ2n) is 3.89. The Kier molecular flexibility index (Phi) is 2.80. The minimum atomic E-state index is -3.49. The standard InChI is InChI=1S/C11H13F3N2/c1-8-2-4-9(5-3-8)16-7-6-15-10(12)11(16,13)14/h2-5,10,15H,6-7H2,1H3. The van der Waals surface area contributed by atoms with Gasteiger partial charge in [0, 0.05) is 18.8 Å². The van der Waals surface area contributed by atoms with Crippen LogP contribution in [0.1, 0.15) is 5.56 Å². The van der Waals surface area contributed by atoms with Crippen molar-refractivity contribution in [1.29, 1.82) is 0 Å². The Labute approximate surface area is 92.1 Å². The molecular formula is C11H13F3N2. The van der Waals surface area contributed by atoms with E-state index in [0.29, 0.717) is 5.69 Å². The van der Waals surface area contributed by atoms with Crippen molar-refractivity contribution in [2.45, 2.75) is 19.3 Å². The smallest absolute Gasteiger partial charge is 0.308 e. The molecule has 1 aliphatic heterocycles. The maximum Gasteiger partial charge on any atom is 0.370 e. The number of halogens is 3. The van der Waals surface area contributed by atoms with Gasteiger partial charge in [0.1, 0.15) is 0 Å². The number of hydrogen-bond acceptors (Lipinski definition) is 2. The van der Waals surface area contributed by atoms with Crippen LogP contribution in [0, 0.1) is 6.92 Å². The zero-order valence-corrected chi connectivity index (χ0v) is 8.88. The van der Waals surface area contributed by atoms with Gasteiger partial charge in [0.05, 0.1) is 0 Å². The molecule has 0 amide bonds. The highest BCUT2D eigenvalue weighted by molar-refractivity contribution is 5.49. The van der Waals surface area contributed by atoms with Crippen LogP contribution < -0.4 is 10.2 Å². The van der Waals surface area contributed by atoms with Crippen LogP contribution in [-0.2, 0) is 0 Å². The molecule has 1 aromatic rings. The van der Waals surface area contributed by atoms with E-state index in [4.69, 9.17) is 0 Å². The third-order valence-corrected chi connectivity index (χ3v) is 2.67. The van der Waals surface area contributed by atoms with Crippen LogP contribution >= 0.6 is 0 Å². The molecule has 1 aliphatic rings. The Hall–Kier alpha value is -1.23. The van der Waals surface area contributed by atoms with E-state index in [1.807, 2.05) is 6.92 Å². The van der Waals surface area contributed by atoms with Crippen molar-refractivity contribution < 1.29 is 13.2 Å². The molecule has 1 fully saturated rings. The maximum absolute atomic E-state index is 13.5. The summed E-state index contributed by atoms with van der Waals surface area (Å²) in [6.07, 6.45) is -2.32. The van der Waals surface area contributed by atoms with E-state index in [0.717, 1.165) is 10.5 Å². The molecule has 16 heavy (non-hydrogen) atoms. The van der Waals surface area contributed by atoms with Crippen molar-refractivity contribution in [1.82, 2.24) is 5.32 Å². The highest BCUT2D eigenvalue weighted by atomic mass is 19.3. The van der Waals surface area contributed by atoms with Crippen LogP contribution in [0.5, 0.6) is 0 Å². The van der Waals surface area contributed by atoms with E-state index in [9.17, 15) is 13.2 Å². The van der Waals surface area contributed by atoms with E-state index in [-0.39, 0.29) is 13.1 Å². The summed E-state index contributed by atoms with van der Waals surface area (Å²) in [4.78, 5) is 0.799. The highest BCUT2D eigenvalue weighted by Crippen LogP contribution is 2.32. The van der Waals surface area contributed by atoms with Gasteiger partial charge >= 0.3 is 6.05 Å².